The topological polar surface area (TPSA) is 90.7 Å². The molecule has 0 unspecified atom stereocenters. The van der Waals surface area contributed by atoms with Crippen LogP contribution in [0.1, 0.15) is 5.56 Å². The van der Waals surface area contributed by atoms with E-state index in [-0.39, 0.29) is 5.69 Å². The van der Waals surface area contributed by atoms with Crippen LogP contribution >= 0.6 is 11.6 Å². The second kappa shape index (κ2) is 8.16. The Morgan fingerprint density at radius 2 is 1.92 bits per heavy atom. The first kappa shape index (κ1) is 18.3. The Morgan fingerprint density at radius 3 is 2.56 bits per heavy atom. The van der Waals surface area contributed by atoms with Crippen LogP contribution in [-0.4, -0.2) is 25.1 Å². The summed E-state index contributed by atoms with van der Waals surface area (Å²) in [6.45, 7) is 0. The number of halogens is 1. The summed E-state index contributed by atoms with van der Waals surface area (Å²) in [7, 11) is 2.93. The van der Waals surface area contributed by atoms with Gasteiger partial charge in [-0.15, -0.1) is 0 Å². The van der Waals surface area contributed by atoms with Gasteiger partial charge in [0.25, 0.3) is 5.69 Å². The fourth-order valence-corrected chi connectivity index (χ4v) is 2.29. The smallest absolute Gasteiger partial charge is 0.270 e. The van der Waals surface area contributed by atoms with E-state index in [1.807, 2.05) is 0 Å². The van der Waals surface area contributed by atoms with Gasteiger partial charge in [0.15, 0.2) is 0 Å². The van der Waals surface area contributed by atoms with E-state index in [1.165, 1.54) is 44.6 Å². The number of methoxy groups -OCH3 is 2. The molecule has 2 aromatic rings. The van der Waals surface area contributed by atoms with Crippen molar-refractivity contribution in [3.8, 4) is 11.5 Å². The maximum absolute atomic E-state index is 12.1. The van der Waals surface area contributed by atoms with Crippen molar-refractivity contribution in [2.45, 2.75) is 0 Å². The summed E-state index contributed by atoms with van der Waals surface area (Å²) in [5, 5.41) is 13.7. The van der Waals surface area contributed by atoms with Crippen molar-refractivity contribution in [1.29, 1.82) is 0 Å². The number of non-ortho nitro benzene ring substituents is 1. The minimum Gasteiger partial charge on any atom is -0.495 e. The van der Waals surface area contributed by atoms with Crippen LogP contribution < -0.4 is 14.8 Å². The summed E-state index contributed by atoms with van der Waals surface area (Å²) in [4.78, 5) is 22.3. The lowest BCUT2D eigenvalue weighted by atomic mass is 10.2. The Hall–Kier alpha value is -3.06. The average molecular weight is 363 g/mol. The molecule has 0 heterocycles. The summed E-state index contributed by atoms with van der Waals surface area (Å²) in [5.41, 5.74) is 0.859. The summed E-state index contributed by atoms with van der Waals surface area (Å²) in [6, 6.07) is 9.01. The lowest BCUT2D eigenvalue weighted by Crippen LogP contribution is -2.09. The third kappa shape index (κ3) is 4.71. The number of carbonyl (C=O) groups excluding carboxylic acids is 1. The fraction of sp³-hybridized carbons (Fsp3) is 0.118. The monoisotopic (exact) mass is 362 g/mol. The normalized spacial score (nSPS) is 10.5. The Labute approximate surface area is 149 Å². The van der Waals surface area contributed by atoms with Crippen LogP contribution in [0.2, 0.25) is 5.02 Å². The summed E-state index contributed by atoms with van der Waals surface area (Å²) >= 11 is 6.05. The SMILES string of the molecule is COc1cc(OC)c(NC(=O)/C=C/c2cccc([N+](=O)[O-])c2)cc1Cl. The summed E-state index contributed by atoms with van der Waals surface area (Å²) < 4.78 is 10.3. The molecule has 0 bridgehead atoms. The summed E-state index contributed by atoms with van der Waals surface area (Å²) in [5.74, 6) is 0.369. The Kier molecular flexibility index (Phi) is 5.97. The van der Waals surface area contributed by atoms with Crippen LogP contribution in [0.3, 0.4) is 0 Å². The van der Waals surface area contributed by atoms with Gasteiger partial charge in [0, 0.05) is 24.3 Å². The largest absolute Gasteiger partial charge is 0.495 e. The van der Waals surface area contributed by atoms with E-state index in [4.69, 9.17) is 21.1 Å². The summed E-state index contributed by atoms with van der Waals surface area (Å²) in [6.07, 6.45) is 2.73. The molecule has 0 aliphatic rings. The van der Waals surface area contributed by atoms with Crippen LogP contribution in [0.4, 0.5) is 11.4 Å². The standard InChI is InChI=1S/C17H15ClN2O5/c1-24-15-10-16(25-2)14(9-13(15)18)19-17(21)7-6-11-4-3-5-12(8-11)20(22)23/h3-10H,1-2H3,(H,19,21)/b7-6+. The first-order valence-electron chi connectivity index (χ1n) is 7.09. The molecule has 0 saturated carbocycles. The molecule has 130 valence electrons. The van der Waals surface area contributed by atoms with Gasteiger partial charge in [-0.25, -0.2) is 0 Å². The molecule has 2 aromatic carbocycles. The molecular weight excluding hydrogens is 348 g/mol. The molecule has 0 radical (unpaired) electrons. The quantitative estimate of drug-likeness (QED) is 0.478. The van der Waals surface area contributed by atoms with Gasteiger partial charge in [-0.1, -0.05) is 23.7 Å². The average Bonchev–Trinajstić information content (AvgIpc) is 2.60. The van der Waals surface area contributed by atoms with Crippen LogP contribution in [0.25, 0.3) is 6.08 Å². The van der Waals surface area contributed by atoms with Crippen molar-refractivity contribution >= 4 is 35.0 Å². The third-order valence-corrected chi connectivity index (χ3v) is 3.54. The number of hydrogen-bond acceptors (Lipinski definition) is 5. The molecule has 1 N–H and O–H groups in total. The van der Waals surface area contributed by atoms with Crippen LogP contribution in [0.15, 0.2) is 42.5 Å². The van der Waals surface area contributed by atoms with Crippen molar-refractivity contribution < 1.29 is 19.2 Å². The zero-order chi connectivity index (χ0) is 18.4. The zero-order valence-corrected chi connectivity index (χ0v) is 14.2. The molecule has 7 nitrogen and oxygen atoms in total. The molecule has 0 atom stereocenters. The molecule has 2 rings (SSSR count). The molecule has 0 aromatic heterocycles. The maximum Gasteiger partial charge on any atom is 0.270 e. The van der Waals surface area contributed by atoms with Gasteiger partial charge in [0.05, 0.1) is 29.9 Å². The van der Waals surface area contributed by atoms with E-state index in [0.717, 1.165) is 0 Å². The molecule has 0 fully saturated rings. The van der Waals surface area contributed by atoms with Crippen molar-refractivity contribution in [3.05, 3.63) is 63.2 Å². The number of ether oxygens (including phenoxy) is 2. The van der Waals surface area contributed by atoms with Crippen molar-refractivity contribution in [2.75, 3.05) is 19.5 Å². The van der Waals surface area contributed by atoms with Crippen LogP contribution in [0, 0.1) is 10.1 Å². The number of nitro benzene ring substituents is 1. The van der Waals surface area contributed by atoms with E-state index in [1.54, 1.807) is 18.2 Å². The first-order valence-corrected chi connectivity index (χ1v) is 7.47. The Balaban J connectivity index is 2.16. The number of hydrogen-bond donors (Lipinski definition) is 1. The maximum atomic E-state index is 12.1. The second-order valence-corrected chi connectivity index (χ2v) is 5.27. The van der Waals surface area contributed by atoms with Crippen molar-refractivity contribution in [3.63, 3.8) is 0 Å². The van der Waals surface area contributed by atoms with Gasteiger partial charge in [-0.05, 0) is 17.7 Å². The predicted octanol–water partition coefficient (Wildman–Crippen LogP) is 3.92. The van der Waals surface area contributed by atoms with Crippen molar-refractivity contribution in [2.24, 2.45) is 0 Å². The molecule has 0 spiro atoms. The van der Waals surface area contributed by atoms with Crippen LogP contribution in [0.5, 0.6) is 11.5 Å². The van der Waals surface area contributed by atoms with Gasteiger partial charge < -0.3 is 14.8 Å². The molecule has 8 heteroatoms. The third-order valence-electron chi connectivity index (χ3n) is 3.24. The Bertz CT molecular complexity index is 836. The molecule has 0 aliphatic carbocycles. The highest BCUT2D eigenvalue weighted by Crippen LogP contribution is 2.35. The molecule has 0 aliphatic heterocycles. The van der Waals surface area contributed by atoms with Gasteiger partial charge in [-0.2, -0.15) is 0 Å². The number of rotatable bonds is 6. The predicted molar refractivity (Wildman–Crippen MR) is 95.3 cm³/mol. The Morgan fingerprint density at radius 1 is 1.20 bits per heavy atom. The lowest BCUT2D eigenvalue weighted by Gasteiger charge is -2.12. The van der Waals surface area contributed by atoms with E-state index in [2.05, 4.69) is 5.32 Å². The number of carbonyl (C=O) groups is 1. The van der Waals surface area contributed by atoms with Gasteiger partial charge >= 0.3 is 0 Å². The number of nitrogens with zero attached hydrogens (tertiary/aromatic N) is 1. The fourth-order valence-electron chi connectivity index (χ4n) is 2.05. The van der Waals surface area contributed by atoms with E-state index in [9.17, 15) is 14.9 Å². The lowest BCUT2D eigenvalue weighted by molar-refractivity contribution is -0.384. The number of anilines is 1. The van der Waals surface area contributed by atoms with Gasteiger partial charge in [-0.3, -0.25) is 14.9 Å². The van der Waals surface area contributed by atoms with Crippen molar-refractivity contribution in [1.82, 2.24) is 0 Å². The molecular formula is C17H15ClN2O5. The number of amides is 1. The number of benzene rings is 2. The van der Waals surface area contributed by atoms with E-state index < -0.39 is 10.8 Å². The minimum atomic E-state index is -0.498. The second-order valence-electron chi connectivity index (χ2n) is 4.86. The van der Waals surface area contributed by atoms with Gasteiger partial charge in [0.2, 0.25) is 5.91 Å². The highest BCUT2D eigenvalue weighted by molar-refractivity contribution is 6.32. The molecule has 25 heavy (non-hydrogen) atoms. The highest BCUT2D eigenvalue weighted by atomic mass is 35.5. The zero-order valence-electron chi connectivity index (χ0n) is 13.5. The first-order chi connectivity index (χ1) is 11.9. The van der Waals surface area contributed by atoms with E-state index >= 15 is 0 Å². The number of nitro groups is 1. The van der Waals surface area contributed by atoms with Gasteiger partial charge in [0.1, 0.15) is 11.5 Å². The number of nitrogens with one attached hydrogen (secondary N) is 1. The van der Waals surface area contributed by atoms with Crippen LogP contribution in [-0.2, 0) is 4.79 Å². The molecule has 0 saturated heterocycles. The molecule has 1 amide bonds. The minimum absolute atomic E-state index is 0.0498. The van der Waals surface area contributed by atoms with E-state index in [0.29, 0.717) is 27.8 Å². The highest BCUT2D eigenvalue weighted by Gasteiger charge is 2.11.